The molecule has 0 aromatic carbocycles. The van der Waals surface area contributed by atoms with E-state index in [0.717, 1.165) is 12.0 Å². The summed E-state index contributed by atoms with van der Waals surface area (Å²) in [5.41, 5.74) is 0.467. The number of pyridine rings is 1. The van der Waals surface area contributed by atoms with Gasteiger partial charge < -0.3 is 19.6 Å². The van der Waals surface area contributed by atoms with E-state index in [4.69, 9.17) is 4.74 Å². The van der Waals surface area contributed by atoms with Crippen LogP contribution >= 0.6 is 0 Å². The summed E-state index contributed by atoms with van der Waals surface area (Å²) in [5.74, 6) is -0.975. The number of ether oxygens (including phenoxy) is 1. The Bertz CT molecular complexity index is 776. The molecule has 1 aromatic heterocycles. The van der Waals surface area contributed by atoms with Crippen LogP contribution in [0.2, 0.25) is 0 Å². The fraction of sp³-hybridized carbons (Fsp3) is 0.526. The first-order chi connectivity index (χ1) is 12.6. The molecule has 4 aliphatic heterocycles. The van der Waals surface area contributed by atoms with Crippen molar-refractivity contribution >= 4 is 11.8 Å². The van der Waals surface area contributed by atoms with Crippen molar-refractivity contribution in [1.82, 2.24) is 14.8 Å². The van der Waals surface area contributed by atoms with Crippen molar-refractivity contribution in [1.29, 1.82) is 0 Å². The molecule has 4 aliphatic rings. The van der Waals surface area contributed by atoms with Gasteiger partial charge in [-0.15, -0.1) is 0 Å². The highest BCUT2D eigenvalue weighted by Crippen LogP contribution is 2.52. The Labute approximate surface area is 151 Å². The first kappa shape index (κ1) is 16.0. The summed E-state index contributed by atoms with van der Waals surface area (Å²) in [5, 5.41) is 9.48. The molecule has 26 heavy (non-hydrogen) atoms. The van der Waals surface area contributed by atoms with Crippen molar-refractivity contribution in [3.63, 3.8) is 0 Å². The summed E-state index contributed by atoms with van der Waals surface area (Å²) in [6.45, 7) is 1.81. The third kappa shape index (κ3) is 2.23. The molecule has 0 unspecified atom stereocenters. The summed E-state index contributed by atoms with van der Waals surface area (Å²) in [6, 6.07) is 3.90. The minimum absolute atomic E-state index is 0.00493. The molecule has 1 N–H and O–H groups in total. The van der Waals surface area contributed by atoms with Crippen LogP contribution in [0.15, 0.2) is 36.7 Å². The van der Waals surface area contributed by atoms with Gasteiger partial charge in [-0.05, 0) is 24.1 Å². The number of amides is 2. The van der Waals surface area contributed by atoms with Gasteiger partial charge in [-0.2, -0.15) is 0 Å². The highest BCUT2D eigenvalue weighted by molar-refractivity contribution is 5.93. The van der Waals surface area contributed by atoms with Crippen LogP contribution < -0.4 is 0 Å². The minimum Gasteiger partial charge on any atom is -0.389 e. The highest BCUT2D eigenvalue weighted by atomic mass is 16.5. The van der Waals surface area contributed by atoms with Crippen molar-refractivity contribution in [2.24, 2.45) is 11.8 Å². The summed E-state index contributed by atoms with van der Waals surface area (Å²) in [4.78, 5) is 33.4. The number of fused-ring (bicyclic) bond motifs is 1. The van der Waals surface area contributed by atoms with E-state index in [1.807, 2.05) is 29.2 Å². The molecule has 2 amide bonds. The van der Waals surface area contributed by atoms with Gasteiger partial charge in [0.1, 0.15) is 5.60 Å². The fourth-order valence-corrected chi connectivity index (χ4v) is 4.71. The maximum absolute atomic E-state index is 13.1. The normalized spacial score (nSPS) is 35.1. The van der Waals surface area contributed by atoms with E-state index in [9.17, 15) is 14.7 Å². The molecule has 1 aromatic rings. The Morgan fingerprint density at radius 3 is 2.85 bits per heavy atom. The summed E-state index contributed by atoms with van der Waals surface area (Å²) >= 11 is 0. The molecule has 3 fully saturated rings. The van der Waals surface area contributed by atoms with Crippen molar-refractivity contribution in [2.75, 3.05) is 26.2 Å². The van der Waals surface area contributed by atoms with Gasteiger partial charge in [-0.3, -0.25) is 14.6 Å². The van der Waals surface area contributed by atoms with Gasteiger partial charge in [0.25, 0.3) is 0 Å². The van der Waals surface area contributed by atoms with Crippen molar-refractivity contribution in [2.45, 2.75) is 24.2 Å². The summed E-state index contributed by atoms with van der Waals surface area (Å²) in [7, 11) is 0. The topological polar surface area (TPSA) is 83.0 Å². The predicted molar refractivity (Wildman–Crippen MR) is 90.8 cm³/mol. The Hall–Kier alpha value is -2.25. The molecule has 2 bridgehead atoms. The van der Waals surface area contributed by atoms with Gasteiger partial charge in [0.2, 0.25) is 11.8 Å². The molecule has 4 atom stereocenters. The number of aliphatic hydroxyl groups is 1. The van der Waals surface area contributed by atoms with E-state index in [0.29, 0.717) is 26.2 Å². The number of aromatic nitrogens is 1. The third-order valence-electron chi connectivity index (χ3n) is 6.06. The monoisotopic (exact) mass is 355 g/mol. The fourth-order valence-electron chi connectivity index (χ4n) is 4.71. The van der Waals surface area contributed by atoms with E-state index in [-0.39, 0.29) is 17.9 Å². The van der Waals surface area contributed by atoms with E-state index < -0.39 is 23.5 Å². The van der Waals surface area contributed by atoms with Gasteiger partial charge in [-0.1, -0.05) is 12.2 Å². The Balaban J connectivity index is 1.33. The molecule has 136 valence electrons. The second-order valence-electron chi connectivity index (χ2n) is 7.66. The van der Waals surface area contributed by atoms with Crippen LogP contribution in [0.5, 0.6) is 0 Å². The van der Waals surface area contributed by atoms with Gasteiger partial charge >= 0.3 is 0 Å². The number of hydrogen-bond donors (Lipinski definition) is 1. The van der Waals surface area contributed by atoms with Gasteiger partial charge in [0.15, 0.2) is 0 Å². The zero-order valence-corrected chi connectivity index (χ0v) is 14.3. The molecule has 1 spiro atoms. The number of likely N-dealkylation sites (tertiary alicyclic amines) is 2. The van der Waals surface area contributed by atoms with Crippen molar-refractivity contribution in [3.05, 3.63) is 42.2 Å². The molecular formula is C19H21N3O4. The quantitative estimate of drug-likeness (QED) is 0.744. The number of β-amino-alcohol motifs (C(OH)–C–C–N with tert-alkyl or cyclic N) is 1. The molecule has 7 heteroatoms. The Morgan fingerprint density at radius 1 is 1.35 bits per heavy atom. The van der Waals surface area contributed by atoms with E-state index in [1.54, 1.807) is 17.3 Å². The molecular weight excluding hydrogens is 334 g/mol. The van der Waals surface area contributed by atoms with Crippen LogP contribution in [0.25, 0.3) is 0 Å². The van der Waals surface area contributed by atoms with Crippen LogP contribution in [0.1, 0.15) is 5.56 Å². The highest BCUT2D eigenvalue weighted by Gasteiger charge is 2.67. The first-order valence-electron chi connectivity index (χ1n) is 9.09. The lowest BCUT2D eigenvalue weighted by Crippen LogP contribution is -2.57. The van der Waals surface area contributed by atoms with E-state index >= 15 is 0 Å². The second kappa shape index (κ2) is 5.62. The number of carbonyl (C=O) groups is 2. The number of nitrogens with zero attached hydrogens (tertiary/aromatic N) is 3. The molecule has 0 aliphatic carbocycles. The van der Waals surface area contributed by atoms with E-state index in [1.165, 1.54) is 0 Å². The lowest BCUT2D eigenvalue weighted by Gasteiger charge is -2.39. The van der Waals surface area contributed by atoms with Crippen LogP contribution in [0, 0.1) is 11.8 Å². The van der Waals surface area contributed by atoms with Gasteiger partial charge in [0, 0.05) is 32.0 Å². The molecule has 7 nitrogen and oxygen atoms in total. The lowest BCUT2D eigenvalue weighted by molar-refractivity contribution is -0.151. The molecule has 0 radical (unpaired) electrons. The Morgan fingerprint density at radius 2 is 2.12 bits per heavy atom. The second-order valence-corrected chi connectivity index (χ2v) is 7.66. The molecule has 3 saturated heterocycles. The average Bonchev–Trinajstić information content (AvgIpc) is 3.26. The number of hydrogen-bond acceptors (Lipinski definition) is 5. The number of rotatable bonds is 4. The van der Waals surface area contributed by atoms with Crippen LogP contribution in [-0.4, -0.2) is 75.7 Å². The first-order valence-corrected chi connectivity index (χ1v) is 9.09. The summed E-state index contributed by atoms with van der Waals surface area (Å²) < 4.78 is 6.12. The third-order valence-corrected chi connectivity index (χ3v) is 6.06. The maximum atomic E-state index is 13.1. The molecule has 5 rings (SSSR count). The van der Waals surface area contributed by atoms with E-state index in [2.05, 4.69) is 4.98 Å². The minimum atomic E-state index is -0.663. The van der Waals surface area contributed by atoms with Crippen molar-refractivity contribution < 1.29 is 19.4 Å². The van der Waals surface area contributed by atoms with Gasteiger partial charge in [0.05, 0.1) is 30.6 Å². The van der Waals surface area contributed by atoms with Crippen LogP contribution in [0.4, 0.5) is 0 Å². The zero-order chi connectivity index (χ0) is 17.9. The Kier molecular flexibility index (Phi) is 3.45. The largest absolute Gasteiger partial charge is 0.389 e. The van der Waals surface area contributed by atoms with Gasteiger partial charge in [-0.25, -0.2) is 0 Å². The molecule has 5 heterocycles. The smallest absolute Gasteiger partial charge is 0.230 e. The standard InChI is InChI=1S/C19H21N3O4/c23-13-9-22(10-13)17(24)15-14-1-5-19(26-14)11-21(18(25)16(15)19)8-4-12-2-6-20-7-3-12/h1-3,5-7,13-16,23H,4,8-11H2/t14-,15-,16+,19-/m0/s1. The molecule has 0 saturated carbocycles. The number of aliphatic hydroxyl groups excluding tert-OH is 1. The maximum Gasteiger partial charge on any atom is 0.230 e. The predicted octanol–water partition coefficient (Wildman–Crippen LogP) is -0.391. The lowest BCUT2D eigenvalue weighted by atomic mass is 9.76. The zero-order valence-electron chi connectivity index (χ0n) is 14.3. The van der Waals surface area contributed by atoms with Crippen LogP contribution in [-0.2, 0) is 20.7 Å². The van der Waals surface area contributed by atoms with Crippen molar-refractivity contribution in [3.8, 4) is 0 Å². The number of carbonyl (C=O) groups excluding carboxylic acids is 2. The average molecular weight is 355 g/mol. The SMILES string of the molecule is O=C([C@H]1[C@@H]2C=C[C@@]3(CN(CCc4ccncc4)C(=O)[C@@H]13)O2)N1CC(O)C1. The van der Waals surface area contributed by atoms with Crippen LogP contribution in [0.3, 0.4) is 0 Å². The summed E-state index contributed by atoms with van der Waals surface area (Å²) in [6.07, 6.45) is 7.38.